The Hall–Kier alpha value is -0.0800. The Kier molecular flexibility index (Phi) is 2.10. The number of aromatic nitrogens is 3. The lowest BCUT2D eigenvalue weighted by molar-refractivity contribution is 0.834. The molecule has 0 saturated heterocycles. The van der Waals surface area contributed by atoms with Crippen LogP contribution in [0.3, 0.4) is 0 Å². The smallest absolute Gasteiger partial charge is 0.0852 e. The van der Waals surface area contributed by atoms with E-state index in [1.165, 1.54) is 21.1 Å². The summed E-state index contributed by atoms with van der Waals surface area (Å²) in [6.07, 6.45) is 0. The highest BCUT2D eigenvalue weighted by molar-refractivity contribution is 7.68. The van der Waals surface area contributed by atoms with Gasteiger partial charge in [0, 0.05) is 10.5 Å². The minimum Gasteiger partial charge on any atom is -0.428 e. The van der Waals surface area contributed by atoms with Crippen molar-refractivity contribution in [2.45, 2.75) is 0 Å². The molecule has 0 fully saturated rings. The summed E-state index contributed by atoms with van der Waals surface area (Å²) in [5.41, 5.74) is 0.926. The Balaban J connectivity index is 2.72. The van der Waals surface area contributed by atoms with Gasteiger partial charge < -0.3 is 8.94 Å². The van der Waals surface area contributed by atoms with Gasteiger partial charge >= 0.3 is 0 Å². The van der Waals surface area contributed by atoms with Gasteiger partial charge in [0.1, 0.15) is 0 Å². The van der Waals surface area contributed by atoms with Crippen LogP contribution in [0.15, 0.2) is 0 Å². The number of halogens is 1. The Morgan fingerprint density at radius 3 is 3.14 bits per heavy atom. The Morgan fingerprint density at radius 2 is 2.29 bits per heavy atom. The van der Waals surface area contributed by atoms with Crippen LogP contribution in [0.4, 0.5) is 0 Å². The summed E-state index contributed by atoms with van der Waals surface area (Å²) in [6, 6.07) is 0. The van der Waals surface area contributed by atoms with Crippen LogP contribution >= 0.6 is 53.4 Å². The van der Waals surface area contributed by atoms with Gasteiger partial charge in [0.25, 0.3) is 0 Å². The van der Waals surface area contributed by atoms with Crippen molar-refractivity contribution in [2.75, 3.05) is 0 Å². The lowest BCUT2D eigenvalue weighted by atomic mass is 10.4. The molecule has 0 saturated carbocycles. The van der Waals surface area contributed by atoms with Gasteiger partial charge in [-0.15, -0.1) is 0 Å². The van der Waals surface area contributed by atoms with Crippen LogP contribution in [0.25, 0.3) is 10.7 Å². The molecule has 14 heavy (non-hydrogen) atoms. The molecule has 0 bridgehead atoms. The highest BCUT2D eigenvalue weighted by Gasteiger charge is 2.12. The molecule has 0 aromatic rings. The van der Waals surface area contributed by atoms with Crippen LogP contribution in [0.2, 0.25) is 5.02 Å². The molecule has 3 nitrogen and oxygen atoms in total. The molecule has 0 aromatic heterocycles. The zero-order chi connectivity index (χ0) is 9.71. The van der Waals surface area contributed by atoms with Gasteiger partial charge in [0.15, 0.2) is 0 Å². The van der Waals surface area contributed by atoms with Crippen LogP contribution in [0.1, 0.15) is 0 Å². The summed E-state index contributed by atoms with van der Waals surface area (Å²) < 4.78 is 11.7. The van der Waals surface area contributed by atoms with Crippen molar-refractivity contribution in [3.63, 3.8) is 0 Å². The number of rotatable bonds is 0. The summed E-state index contributed by atoms with van der Waals surface area (Å²) in [5, 5.41) is 0.797. The first kappa shape index (κ1) is 9.17. The topological polar surface area (TPSA) is 31.9 Å². The van der Waals surface area contributed by atoms with E-state index in [0.717, 1.165) is 25.7 Å². The van der Waals surface area contributed by atoms with Crippen LogP contribution in [-0.2, 0) is 7.05 Å². The quantitative estimate of drug-likeness (QED) is 0.592. The molecule has 3 rings (SSSR count). The molecule has 3 heterocycles. The van der Waals surface area contributed by atoms with E-state index >= 15 is 0 Å². The fourth-order valence-electron chi connectivity index (χ4n) is 1.24. The number of fused-ring (bicyclic) bond motifs is 1. The fourth-order valence-corrected chi connectivity index (χ4v) is 5.79. The molecule has 3 aliphatic heterocycles. The highest BCUT2D eigenvalue weighted by atomic mass is 35.5. The van der Waals surface area contributed by atoms with E-state index < -0.39 is 0 Å². The van der Waals surface area contributed by atoms with E-state index in [1.807, 2.05) is 11.6 Å². The van der Waals surface area contributed by atoms with Gasteiger partial charge in [-0.3, -0.25) is 0 Å². The van der Waals surface area contributed by atoms with Crippen molar-refractivity contribution >= 4 is 53.4 Å². The molecule has 0 aliphatic carbocycles. The predicted octanol–water partition coefficient (Wildman–Crippen LogP) is 3.23. The molecule has 0 amide bonds. The molecule has 74 valence electrons. The Morgan fingerprint density at radius 1 is 1.43 bits per heavy atom. The van der Waals surface area contributed by atoms with Gasteiger partial charge in [-0.25, -0.2) is 0 Å². The van der Waals surface area contributed by atoms with Crippen LogP contribution in [0, 0.1) is 10.0 Å². The maximum Gasteiger partial charge on any atom is 0.0852 e. The summed E-state index contributed by atoms with van der Waals surface area (Å²) in [7, 11) is 8.11. The second-order valence-electron chi connectivity index (χ2n) is 2.68. The van der Waals surface area contributed by atoms with Crippen LogP contribution in [0.5, 0.6) is 0 Å². The minimum absolute atomic E-state index is 0.797. The summed E-state index contributed by atoms with van der Waals surface area (Å²) in [4.78, 5) is 1.06. The molecule has 8 heteroatoms. The molecule has 0 aromatic carbocycles. The third-order valence-electron chi connectivity index (χ3n) is 1.93. The highest BCUT2D eigenvalue weighted by Crippen LogP contribution is 2.37. The molecule has 0 unspecified atom stereocenters. The first-order valence-corrected chi connectivity index (χ1v) is 8.23. The first-order valence-electron chi connectivity index (χ1n) is 3.64. The van der Waals surface area contributed by atoms with E-state index in [0.29, 0.717) is 0 Å². The van der Waals surface area contributed by atoms with Crippen molar-refractivity contribution in [1.29, 1.82) is 0 Å². The lowest BCUT2D eigenvalue weighted by Crippen LogP contribution is -2.01. The van der Waals surface area contributed by atoms with Gasteiger partial charge in [-0.1, -0.05) is 49.9 Å². The average molecular weight is 281 g/mol. The number of hydrogen-bond donors (Lipinski definition) is 0. The molecule has 0 radical (unpaired) electrons. The standard InChI is InChI=1S/C6H3ClN3S4/c1-10-5-3(11-13-8-5)2(7)4-6(10)9-14-12-4/h1H3/q-1. The van der Waals surface area contributed by atoms with Gasteiger partial charge in [0.05, 0.1) is 20.3 Å². The SMILES string of the molecule is Cn1c2nssc-2c(Cl)c2ss[n-]c1=2. The van der Waals surface area contributed by atoms with Crippen LogP contribution in [-0.4, -0.2) is 8.94 Å². The third kappa shape index (κ3) is 1.10. The Bertz CT molecular complexity index is 580. The van der Waals surface area contributed by atoms with E-state index in [4.69, 9.17) is 11.6 Å². The van der Waals surface area contributed by atoms with Crippen molar-refractivity contribution in [3.05, 3.63) is 15.0 Å². The molecule has 0 atom stereocenters. The third-order valence-corrected chi connectivity index (χ3v) is 6.18. The monoisotopic (exact) mass is 280 g/mol. The summed E-state index contributed by atoms with van der Waals surface area (Å²) in [5.74, 6) is 0.926. The molecule has 0 N–H and O–H groups in total. The molecule has 3 aliphatic rings. The van der Waals surface area contributed by atoms with E-state index in [9.17, 15) is 0 Å². The Labute approximate surface area is 99.0 Å². The normalized spacial score (nSPS) is 11.6. The minimum atomic E-state index is 0.797. The van der Waals surface area contributed by atoms with Crippen molar-refractivity contribution in [1.82, 2.24) is 13.3 Å². The second kappa shape index (κ2) is 3.21. The van der Waals surface area contributed by atoms with Gasteiger partial charge in [0.2, 0.25) is 0 Å². The van der Waals surface area contributed by atoms with Crippen LogP contribution < -0.4 is 4.37 Å². The van der Waals surface area contributed by atoms with E-state index in [-0.39, 0.29) is 0 Å². The maximum absolute atomic E-state index is 6.27. The lowest BCUT2D eigenvalue weighted by Gasteiger charge is -2.12. The van der Waals surface area contributed by atoms with E-state index in [2.05, 4.69) is 8.75 Å². The largest absolute Gasteiger partial charge is 0.428 e. The predicted molar refractivity (Wildman–Crippen MR) is 62.6 cm³/mol. The second-order valence-corrected chi connectivity index (χ2v) is 6.76. The molecular formula is C6H3ClN3S4-. The average Bonchev–Trinajstić information content (AvgIpc) is 2.82. The molecular weight excluding hydrogens is 278 g/mol. The fraction of sp³-hybridized carbons (Fsp3) is 0.167. The number of nitrogens with zero attached hydrogens (tertiary/aromatic N) is 3. The zero-order valence-corrected chi connectivity index (χ0v) is 10.9. The van der Waals surface area contributed by atoms with E-state index in [1.54, 1.807) is 20.7 Å². The summed E-state index contributed by atoms with van der Waals surface area (Å²) in [6.45, 7) is 0. The van der Waals surface area contributed by atoms with Gasteiger partial charge in [-0.2, -0.15) is 4.37 Å². The first-order chi connectivity index (χ1) is 6.79. The maximum atomic E-state index is 6.27. The van der Waals surface area contributed by atoms with Crippen molar-refractivity contribution < 1.29 is 0 Å². The van der Waals surface area contributed by atoms with Crippen molar-refractivity contribution in [3.8, 4) is 10.7 Å². The van der Waals surface area contributed by atoms with Crippen molar-refractivity contribution in [2.24, 2.45) is 7.05 Å². The van der Waals surface area contributed by atoms with Gasteiger partial charge in [-0.05, 0) is 5.48 Å². The molecule has 0 spiro atoms. The summed E-state index contributed by atoms with van der Waals surface area (Å²) >= 11 is 6.27. The zero-order valence-electron chi connectivity index (χ0n) is 6.85. The number of hydrogen-bond acceptors (Lipinski definition) is 5.